The van der Waals surface area contributed by atoms with Crippen LogP contribution in [0.3, 0.4) is 0 Å². The second-order valence-corrected chi connectivity index (χ2v) is 25.5. The standard InChI is InChI=1S/C61H66BN3S/c1-37-31-50-53-51(32-37)65-54-44(59(9)28-15-17-30-61(59,65)11)34-39(57(5,6)7)35-46(54)62(53)45-25-24-40(36-49(45)63(50)48-21-18-20-42-41-19-12-13-22-52(41)66-55(42)48)64-47-26-23-38(56(2,3)4)33-43(47)58(8)27-14-16-29-60(58,64)10/h12-13,18-26,31-36H,14-17,27-30H2,1-11H3. The van der Waals surface area contributed by atoms with Crippen LogP contribution < -0.4 is 31.1 Å². The molecule has 2 fully saturated rings. The van der Waals surface area contributed by atoms with E-state index in [1.165, 1.54) is 150 Å². The van der Waals surface area contributed by atoms with Crippen molar-refractivity contribution in [1.29, 1.82) is 0 Å². The summed E-state index contributed by atoms with van der Waals surface area (Å²) in [4.78, 5) is 8.45. The zero-order chi connectivity index (χ0) is 45.7. The highest BCUT2D eigenvalue weighted by molar-refractivity contribution is 7.26. The Morgan fingerprint density at radius 1 is 0.530 bits per heavy atom. The Bertz CT molecular complexity index is 3260. The van der Waals surface area contributed by atoms with E-state index in [1.54, 1.807) is 5.56 Å². The van der Waals surface area contributed by atoms with Gasteiger partial charge in [0.1, 0.15) is 0 Å². The molecular weight excluding hydrogens is 818 g/mol. The van der Waals surface area contributed by atoms with Crippen LogP contribution in [-0.2, 0) is 21.7 Å². The molecule has 0 saturated heterocycles. The lowest BCUT2D eigenvalue weighted by atomic mass is 9.33. The molecule has 6 aliphatic rings. The van der Waals surface area contributed by atoms with E-state index < -0.39 is 0 Å². The fourth-order valence-electron chi connectivity index (χ4n) is 14.8. The molecular formula is C61H66BN3S. The fourth-order valence-corrected chi connectivity index (χ4v) is 16.0. The zero-order valence-electron chi connectivity index (χ0n) is 41.3. The monoisotopic (exact) mass is 884 g/mol. The van der Waals surface area contributed by atoms with Gasteiger partial charge in [-0.15, -0.1) is 11.3 Å². The summed E-state index contributed by atoms with van der Waals surface area (Å²) < 4.78 is 2.71. The number of nitrogens with zero attached hydrogens (tertiary/aromatic N) is 3. The van der Waals surface area contributed by atoms with Crippen molar-refractivity contribution in [3.63, 3.8) is 0 Å². The van der Waals surface area contributed by atoms with Crippen LogP contribution in [0.2, 0.25) is 0 Å². The maximum absolute atomic E-state index is 2.90. The zero-order valence-corrected chi connectivity index (χ0v) is 42.1. The molecule has 1 aromatic heterocycles. The van der Waals surface area contributed by atoms with E-state index in [4.69, 9.17) is 0 Å². The van der Waals surface area contributed by atoms with E-state index >= 15 is 0 Å². The van der Waals surface area contributed by atoms with Crippen molar-refractivity contribution in [3.05, 3.63) is 131 Å². The van der Waals surface area contributed by atoms with Gasteiger partial charge in [0, 0.05) is 60.4 Å². The first-order valence-electron chi connectivity index (χ1n) is 25.3. The van der Waals surface area contributed by atoms with Gasteiger partial charge in [0.25, 0.3) is 6.71 Å². The van der Waals surface area contributed by atoms with Gasteiger partial charge < -0.3 is 14.7 Å². The van der Waals surface area contributed by atoms with Crippen molar-refractivity contribution < 1.29 is 0 Å². The van der Waals surface area contributed by atoms with E-state index in [0.29, 0.717) is 0 Å². The van der Waals surface area contributed by atoms with Gasteiger partial charge in [-0.2, -0.15) is 0 Å². The Morgan fingerprint density at radius 2 is 1.18 bits per heavy atom. The Balaban J connectivity index is 1.13. The van der Waals surface area contributed by atoms with Crippen molar-refractivity contribution in [2.24, 2.45) is 0 Å². The predicted molar refractivity (Wildman–Crippen MR) is 286 cm³/mol. The highest BCUT2D eigenvalue weighted by Gasteiger charge is 2.62. The van der Waals surface area contributed by atoms with Crippen molar-refractivity contribution in [2.45, 2.75) is 160 Å². The van der Waals surface area contributed by atoms with Gasteiger partial charge in [0.15, 0.2) is 0 Å². The molecule has 0 amide bonds. The minimum absolute atomic E-state index is 0.0130. The number of fused-ring (bicyclic) bond motifs is 13. The van der Waals surface area contributed by atoms with E-state index in [0.717, 1.165) is 0 Å². The molecule has 0 bridgehead atoms. The molecule has 7 aromatic rings. The van der Waals surface area contributed by atoms with Crippen LogP contribution in [0.4, 0.5) is 39.8 Å². The Kier molecular flexibility index (Phi) is 8.22. The number of hydrogen-bond acceptors (Lipinski definition) is 4. The molecule has 2 saturated carbocycles. The topological polar surface area (TPSA) is 9.72 Å². The molecule has 0 N–H and O–H groups in total. The smallest absolute Gasteiger partial charge is 0.252 e. The van der Waals surface area contributed by atoms with Gasteiger partial charge in [-0.3, -0.25) is 0 Å². The molecule has 334 valence electrons. The average molecular weight is 884 g/mol. The van der Waals surface area contributed by atoms with Gasteiger partial charge in [0.05, 0.1) is 21.5 Å². The van der Waals surface area contributed by atoms with Crippen molar-refractivity contribution in [3.8, 4) is 0 Å². The van der Waals surface area contributed by atoms with Crippen LogP contribution in [0.15, 0.2) is 103 Å². The minimum atomic E-state index is -0.0562. The molecule has 4 aliphatic heterocycles. The number of rotatable bonds is 2. The molecule has 4 unspecified atom stereocenters. The van der Waals surface area contributed by atoms with E-state index in [9.17, 15) is 0 Å². The van der Waals surface area contributed by atoms with Crippen LogP contribution in [0, 0.1) is 6.92 Å². The third kappa shape index (κ3) is 5.06. The van der Waals surface area contributed by atoms with Crippen LogP contribution in [-0.4, -0.2) is 17.8 Å². The SMILES string of the molecule is Cc1cc2c3c(c1)N1c4c(cc(C(C)(C)C)cc4C4(C)CCCCC14C)B3c1ccc(N3c4ccc(C(C)(C)C)cc4C4(C)CCCCC34C)cc1N2c1cccc2c1sc1ccccc12. The highest BCUT2D eigenvalue weighted by Crippen LogP contribution is 2.64. The largest absolute Gasteiger partial charge is 0.335 e. The van der Waals surface area contributed by atoms with Crippen molar-refractivity contribution in [1.82, 2.24) is 0 Å². The normalized spacial score (nSPS) is 26.0. The van der Waals surface area contributed by atoms with Gasteiger partial charge in [-0.1, -0.05) is 142 Å². The summed E-state index contributed by atoms with van der Waals surface area (Å²) in [5.41, 5.74) is 21.5. The number of hydrogen-bond donors (Lipinski definition) is 0. The van der Waals surface area contributed by atoms with E-state index in [2.05, 4.69) is 194 Å². The maximum Gasteiger partial charge on any atom is 0.252 e. The third-order valence-corrected chi connectivity index (χ3v) is 20.1. The van der Waals surface area contributed by atoms with Crippen LogP contribution >= 0.6 is 11.3 Å². The Morgan fingerprint density at radius 3 is 1.92 bits per heavy atom. The molecule has 6 aromatic carbocycles. The third-order valence-electron chi connectivity index (χ3n) is 18.9. The summed E-state index contributed by atoms with van der Waals surface area (Å²) in [6, 6.07) is 41.8. The van der Waals surface area contributed by atoms with E-state index in [1.807, 2.05) is 11.3 Å². The fraction of sp³-hybridized carbons (Fsp3) is 0.410. The van der Waals surface area contributed by atoms with Crippen molar-refractivity contribution >= 4 is 94.4 Å². The van der Waals surface area contributed by atoms with Gasteiger partial charge in [0.2, 0.25) is 0 Å². The minimum Gasteiger partial charge on any atom is -0.335 e. The maximum atomic E-state index is 2.90. The van der Waals surface area contributed by atoms with Gasteiger partial charge >= 0.3 is 0 Å². The molecule has 5 heterocycles. The summed E-state index contributed by atoms with van der Waals surface area (Å²) in [5, 5.41) is 2.69. The summed E-state index contributed by atoms with van der Waals surface area (Å²) in [6.07, 6.45) is 9.93. The lowest BCUT2D eigenvalue weighted by Gasteiger charge is -2.53. The average Bonchev–Trinajstić information content (AvgIpc) is 3.83. The first-order valence-corrected chi connectivity index (χ1v) is 26.1. The summed E-state index contributed by atoms with van der Waals surface area (Å²) in [5.74, 6) is 0. The number of benzene rings is 6. The molecule has 13 rings (SSSR count). The quantitative estimate of drug-likeness (QED) is 0.160. The summed E-state index contributed by atoms with van der Waals surface area (Å²) in [6.45, 7) is 27.3. The highest BCUT2D eigenvalue weighted by atomic mass is 32.1. The molecule has 5 heteroatoms. The number of anilines is 7. The van der Waals surface area contributed by atoms with Crippen LogP contribution in [0.1, 0.15) is 148 Å². The van der Waals surface area contributed by atoms with Crippen molar-refractivity contribution in [2.75, 3.05) is 14.7 Å². The first-order chi connectivity index (χ1) is 31.4. The predicted octanol–water partition coefficient (Wildman–Crippen LogP) is 15.1. The molecule has 0 spiro atoms. The lowest BCUT2D eigenvalue weighted by Crippen LogP contribution is -2.64. The number of aryl methyl sites for hydroxylation is 1. The Hall–Kier alpha value is -5.00. The van der Waals surface area contributed by atoms with Crippen LogP contribution in [0.5, 0.6) is 0 Å². The summed E-state index contributed by atoms with van der Waals surface area (Å²) in [7, 11) is 0. The molecule has 0 radical (unpaired) electrons. The van der Waals surface area contributed by atoms with Crippen LogP contribution in [0.25, 0.3) is 20.2 Å². The Labute approximate surface area is 398 Å². The number of thiophene rings is 1. The second kappa shape index (κ2) is 13.2. The lowest BCUT2D eigenvalue weighted by molar-refractivity contribution is 0.195. The molecule has 4 atom stereocenters. The summed E-state index contributed by atoms with van der Waals surface area (Å²) >= 11 is 1.96. The second-order valence-electron chi connectivity index (χ2n) is 24.5. The van der Waals surface area contributed by atoms with Gasteiger partial charge in [-0.05, 0) is 144 Å². The molecule has 66 heavy (non-hydrogen) atoms. The van der Waals surface area contributed by atoms with E-state index in [-0.39, 0.29) is 39.5 Å². The van der Waals surface area contributed by atoms with Gasteiger partial charge in [-0.25, -0.2) is 0 Å². The molecule has 2 aliphatic carbocycles. The first kappa shape index (κ1) is 41.2. The molecule has 3 nitrogen and oxygen atoms in total.